The van der Waals surface area contributed by atoms with E-state index in [0.29, 0.717) is 10.7 Å². The summed E-state index contributed by atoms with van der Waals surface area (Å²) in [6, 6.07) is 15.3. The van der Waals surface area contributed by atoms with Gasteiger partial charge in [0.15, 0.2) is 0 Å². The van der Waals surface area contributed by atoms with Crippen molar-refractivity contribution in [3.8, 4) is 17.2 Å². The number of rotatable bonds is 3. The van der Waals surface area contributed by atoms with Crippen LogP contribution in [0.5, 0.6) is 0 Å². The normalized spacial score (nSPS) is 10.4. The molecule has 0 aliphatic heterocycles. The van der Waals surface area contributed by atoms with Gasteiger partial charge in [-0.15, -0.1) is 0 Å². The van der Waals surface area contributed by atoms with Crippen LogP contribution in [-0.2, 0) is 6.42 Å². The molecule has 24 heavy (non-hydrogen) atoms. The van der Waals surface area contributed by atoms with E-state index in [1.165, 1.54) is 0 Å². The maximum atomic E-state index is 11.9. The van der Waals surface area contributed by atoms with Crippen LogP contribution in [0.1, 0.15) is 22.4 Å². The molecule has 118 valence electrons. The lowest BCUT2D eigenvalue weighted by molar-refractivity contribution is 1.13. The first-order chi connectivity index (χ1) is 11.6. The van der Waals surface area contributed by atoms with Crippen molar-refractivity contribution in [3.05, 3.63) is 86.6 Å². The number of hydrogen-bond acceptors (Lipinski definition) is 3. The number of benzene rings is 1. The number of nitrogens with one attached hydrogen (secondary N) is 1. The predicted octanol–water partition coefficient (Wildman–Crippen LogP) is 3.86. The first-order valence-corrected chi connectivity index (χ1v) is 7.78. The molecule has 0 amide bonds. The lowest BCUT2D eigenvalue weighted by Gasteiger charge is -2.07. The summed E-state index contributed by atoms with van der Waals surface area (Å²) in [6.07, 6.45) is 2.49. The van der Waals surface area contributed by atoms with Gasteiger partial charge in [0, 0.05) is 17.5 Å². The summed E-state index contributed by atoms with van der Waals surface area (Å²) in [4.78, 5) is 18.6. The van der Waals surface area contributed by atoms with Gasteiger partial charge in [0.25, 0.3) is 5.56 Å². The number of nitrogens with zero attached hydrogens (tertiary/aromatic N) is 2. The van der Waals surface area contributed by atoms with Crippen molar-refractivity contribution >= 4 is 11.6 Å². The van der Waals surface area contributed by atoms with E-state index in [2.05, 4.69) is 9.97 Å². The van der Waals surface area contributed by atoms with Gasteiger partial charge < -0.3 is 4.98 Å². The molecule has 0 unspecified atom stereocenters. The van der Waals surface area contributed by atoms with E-state index in [1.54, 1.807) is 19.2 Å². The number of aryl methyl sites for hydroxylation is 1. The number of halogens is 1. The fourth-order valence-electron chi connectivity index (χ4n) is 2.58. The molecule has 0 spiro atoms. The number of aromatic nitrogens is 2. The van der Waals surface area contributed by atoms with Crippen molar-refractivity contribution in [1.82, 2.24) is 9.97 Å². The molecule has 0 radical (unpaired) electrons. The second-order valence-corrected chi connectivity index (χ2v) is 5.93. The van der Waals surface area contributed by atoms with Crippen LogP contribution in [0.3, 0.4) is 0 Å². The molecule has 2 heterocycles. The summed E-state index contributed by atoms with van der Waals surface area (Å²) in [5.74, 6) is 0. The van der Waals surface area contributed by atoms with Gasteiger partial charge in [0.05, 0.1) is 0 Å². The highest BCUT2D eigenvalue weighted by molar-refractivity contribution is 6.29. The zero-order valence-electron chi connectivity index (χ0n) is 13.0. The first-order valence-electron chi connectivity index (χ1n) is 7.40. The Bertz CT molecular complexity index is 967. The maximum absolute atomic E-state index is 11.9. The van der Waals surface area contributed by atoms with E-state index < -0.39 is 0 Å². The summed E-state index contributed by atoms with van der Waals surface area (Å²) in [5, 5.41) is 9.71. The zero-order chi connectivity index (χ0) is 17.1. The summed E-state index contributed by atoms with van der Waals surface area (Å²) in [5.41, 5.74) is 4.18. The summed E-state index contributed by atoms with van der Waals surface area (Å²) < 4.78 is 0. The second-order valence-electron chi connectivity index (χ2n) is 5.54. The van der Waals surface area contributed by atoms with Crippen LogP contribution in [-0.4, -0.2) is 9.97 Å². The molecule has 0 saturated heterocycles. The first kappa shape index (κ1) is 16.0. The van der Waals surface area contributed by atoms with Crippen molar-refractivity contribution in [2.45, 2.75) is 13.3 Å². The van der Waals surface area contributed by atoms with Crippen molar-refractivity contribution in [2.24, 2.45) is 0 Å². The highest BCUT2D eigenvalue weighted by Crippen LogP contribution is 2.23. The predicted molar refractivity (Wildman–Crippen MR) is 94.0 cm³/mol. The standard InChI is InChI=1S/C19H14ClN3O/c1-12-8-16(17(10-21)19(24)23-12)15-5-2-13(3-6-15)9-14-4-7-18(20)22-11-14/h2-8,11H,9H2,1H3,(H,23,24). The topological polar surface area (TPSA) is 69.5 Å². The van der Waals surface area contributed by atoms with Gasteiger partial charge in [0.1, 0.15) is 16.8 Å². The molecule has 4 nitrogen and oxygen atoms in total. The third kappa shape index (κ3) is 3.37. The monoisotopic (exact) mass is 335 g/mol. The Balaban J connectivity index is 1.92. The van der Waals surface area contributed by atoms with E-state index >= 15 is 0 Å². The van der Waals surface area contributed by atoms with E-state index in [-0.39, 0.29) is 11.1 Å². The summed E-state index contributed by atoms with van der Waals surface area (Å²) >= 11 is 5.79. The molecule has 1 N–H and O–H groups in total. The van der Waals surface area contributed by atoms with Gasteiger partial charge in [-0.05, 0) is 42.2 Å². The molecule has 3 aromatic rings. The Morgan fingerprint density at radius 2 is 1.88 bits per heavy atom. The second kappa shape index (κ2) is 6.69. The lowest BCUT2D eigenvalue weighted by Crippen LogP contribution is -2.12. The van der Waals surface area contributed by atoms with Crippen molar-refractivity contribution < 1.29 is 0 Å². The molecule has 0 aliphatic rings. The fourth-order valence-corrected chi connectivity index (χ4v) is 2.69. The van der Waals surface area contributed by atoms with Crippen molar-refractivity contribution in [3.63, 3.8) is 0 Å². The van der Waals surface area contributed by atoms with Crippen LogP contribution in [0.25, 0.3) is 11.1 Å². The summed E-state index contributed by atoms with van der Waals surface area (Å²) in [6.45, 7) is 1.80. The maximum Gasteiger partial charge on any atom is 0.266 e. The summed E-state index contributed by atoms with van der Waals surface area (Å²) in [7, 11) is 0. The minimum atomic E-state index is -0.358. The van der Waals surface area contributed by atoms with E-state index in [0.717, 1.165) is 28.8 Å². The third-order valence-electron chi connectivity index (χ3n) is 3.74. The SMILES string of the molecule is Cc1cc(-c2ccc(Cc3ccc(Cl)nc3)cc2)c(C#N)c(=O)[nH]1. The Hall–Kier alpha value is -2.90. The van der Waals surface area contributed by atoms with Gasteiger partial charge in [0.2, 0.25) is 0 Å². The number of H-pyrrole nitrogens is 1. The van der Waals surface area contributed by atoms with E-state index in [9.17, 15) is 10.1 Å². The van der Waals surface area contributed by atoms with Crippen molar-refractivity contribution in [1.29, 1.82) is 5.26 Å². The van der Waals surface area contributed by atoms with Crippen LogP contribution in [0.4, 0.5) is 0 Å². The number of hydrogen-bond donors (Lipinski definition) is 1. The zero-order valence-corrected chi connectivity index (χ0v) is 13.8. The average Bonchev–Trinajstić information content (AvgIpc) is 2.57. The van der Waals surface area contributed by atoms with Gasteiger partial charge in [-0.2, -0.15) is 5.26 Å². The molecule has 2 aromatic heterocycles. The molecule has 1 aromatic carbocycles. The molecular formula is C19H14ClN3O. The smallest absolute Gasteiger partial charge is 0.266 e. The molecule has 3 rings (SSSR count). The van der Waals surface area contributed by atoms with Crippen LogP contribution in [0.15, 0.2) is 53.5 Å². The van der Waals surface area contributed by atoms with Crippen LogP contribution >= 0.6 is 11.6 Å². The molecule has 0 saturated carbocycles. The molecule has 0 aliphatic carbocycles. The molecule has 0 atom stereocenters. The van der Waals surface area contributed by atoms with Gasteiger partial charge in [-0.1, -0.05) is 41.9 Å². The van der Waals surface area contributed by atoms with Gasteiger partial charge in [-0.3, -0.25) is 4.79 Å². The lowest BCUT2D eigenvalue weighted by atomic mass is 9.98. The number of aromatic amines is 1. The average molecular weight is 336 g/mol. The number of nitriles is 1. The Morgan fingerprint density at radius 1 is 1.17 bits per heavy atom. The quantitative estimate of drug-likeness (QED) is 0.739. The largest absolute Gasteiger partial charge is 0.325 e. The minimum Gasteiger partial charge on any atom is -0.325 e. The van der Waals surface area contributed by atoms with Crippen LogP contribution in [0, 0.1) is 18.3 Å². The molecule has 0 fully saturated rings. The highest BCUT2D eigenvalue weighted by atomic mass is 35.5. The minimum absolute atomic E-state index is 0.134. The van der Waals surface area contributed by atoms with Gasteiger partial charge in [-0.25, -0.2) is 4.98 Å². The molecule has 5 heteroatoms. The van der Waals surface area contributed by atoms with E-state index in [1.807, 2.05) is 42.5 Å². The van der Waals surface area contributed by atoms with Gasteiger partial charge >= 0.3 is 0 Å². The van der Waals surface area contributed by atoms with Crippen LogP contribution in [0.2, 0.25) is 5.15 Å². The molecule has 0 bridgehead atoms. The fraction of sp³-hybridized carbons (Fsp3) is 0.105. The third-order valence-corrected chi connectivity index (χ3v) is 3.97. The Kier molecular flexibility index (Phi) is 4.45. The van der Waals surface area contributed by atoms with Crippen LogP contribution < -0.4 is 5.56 Å². The van der Waals surface area contributed by atoms with Crippen molar-refractivity contribution in [2.75, 3.05) is 0 Å². The Morgan fingerprint density at radius 3 is 2.50 bits per heavy atom. The molecular weight excluding hydrogens is 322 g/mol. The van der Waals surface area contributed by atoms with E-state index in [4.69, 9.17) is 11.6 Å². The Labute approximate surface area is 144 Å². The highest BCUT2D eigenvalue weighted by Gasteiger charge is 2.10. The number of pyridine rings is 2.